The van der Waals surface area contributed by atoms with Gasteiger partial charge in [-0.2, -0.15) is 4.31 Å². The van der Waals surface area contributed by atoms with Crippen LogP contribution < -0.4 is 0 Å². The lowest BCUT2D eigenvalue weighted by molar-refractivity contribution is -0.107. The van der Waals surface area contributed by atoms with E-state index in [4.69, 9.17) is 4.74 Å². The van der Waals surface area contributed by atoms with Gasteiger partial charge in [-0.05, 0) is 36.6 Å². The van der Waals surface area contributed by atoms with Gasteiger partial charge in [0.15, 0.2) is 0 Å². The van der Waals surface area contributed by atoms with Crippen LogP contribution in [0.4, 0.5) is 0 Å². The van der Waals surface area contributed by atoms with Crippen LogP contribution in [0.5, 0.6) is 0 Å². The molecule has 3 aromatic rings. The second kappa shape index (κ2) is 8.49. The third-order valence-electron chi connectivity index (χ3n) is 5.31. The lowest BCUT2D eigenvalue weighted by Crippen LogP contribution is -2.48. The molecule has 0 N–H and O–H groups in total. The van der Waals surface area contributed by atoms with Crippen molar-refractivity contribution in [2.45, 2.75) is 37.0 Å². The van der Waals surface area contributed by atoms with Crippen LogP contribution in [-0.2, 0) is 21.2 Å². The molecule has 0 aliphatic carbocycles. The van der Waals surface area contributed by atoms with Crippen LogP contribution in [0.25, 0.3) is 0 Å². The maximum absolute atomic E-state index is 13.4. The summed E-state index contributed by atoms with van der Waals surface area (Å²) in [6, 6.07) is 26.9. The Hall–Kier alpha value is -2.47. The SMILES string of the molecule is Cc1ccc(S(=O)(=O)N2CC[C@H](c3ccccc3)O[C@H]2Cc2ccccc2)cc1. The maximum atomic E-state index is 13.4. The molecular weight excluding hydrogens is 382 g/mol. The molecule has 1 fully saturated rings. The number of nitrogens with zero attached hydrogens (tertiary/aromatic N) is 1. The van der Waals surface area contributed by atoms with E-state index >= 15 is 0 Å². The van der Waals surface area contributed by atoms with Crippen molar-refractivity contribution in [3.05, 3.63) is 102 Å². The first kappa shape index (κ1) is 19.8. The highest BCUT2D eigenvalue weighted by atomic mass is 32.2. The van der Waals surface area contributed by atoms with E-state index in [0.717, 1.165) is 16.7 Å². The molecule has 4 nitrogen and oxygen atoms in total. The summed E-state index contributed by atoms with van der Waals surface area (Å²) < 4.78 is 34.7. The molecular formula is C24H25NO3S. The van der Waals surface area contributed by atoms with Crippen molar-refractivity contribution < 1.29 is 13.2 Å². The highest BCUT2D eigenvalue weighted by Gasteiger charge is 2.38. The van der Waals surface area contributed by atoms with Gasteiger partial charge in [-0.25, -0.2) is 8.42 Å². The van der Waals surface area contributed by atoms with Gasteiger partial charge in [0, 0.05) is 13.0 Å². The van der Waals surface area contributed by atoms with Gasteiger partial charge >= 0.3 is 0 Å². The molecule has 1 aliphatic heterocycles. The number of ether oxygens (including phenoxy) is 1. The van der Waals surface area contributed by atoms with E-state index in [1.165, 1.54) is 4.31 Å². The molecule has 3 aromatic carbocycles. The Bertz CT molecular complexity index is 1030. The predicted octanol–water partition coefficient (Wildman–Crippen LogP) is 4.72. The molecule has 1 heterocycles. The molecule has 1 aliphatic rings. The minimum absolute atomic E-state index is 0.116. The van der Waals surface area contributed by atoms with Gasteiger partial charge in [-0.3, -0.25) is 0 Å². The number of benzene rings is 3. The van der Waals surface area contributed by atoms with Gasteiger partial charge in [0.25, 0.3) is 0 Å². The summed E-state index contributed by atoms with van der Waals surface area (Å²) in [5, 5.41) is 0. The molecule has 0 radical (unpaired) electrons. The van der Waals surface area contributed by atoms with Crippen LogP contribution in [0.1, 0.15) is 29.2 Å². The monoisotopic (exact) mass is 407 g/mol. The van der Waals surface area contributed by atoms with Crippen LogP contribution in [0.15, 0.2) is 89.8 Å². The average molecular weight is 408 g/mol. The van der Waals surface area contributed by atoms with E-state index in [9.17, 15) is 8.42 Å². The van der Waals surface area contributed by atoms with E-state index in [0.29, 0.717) is 24.3 Å². The Labute approximate surface area is 172 Å². The van der Waals surface area contributed by atoms with Gasteiger partial charge in [0.2, 0.25) is 10.0 Å². The fourth-order valence-electron chi connectivity index (χ4n) is 3.71. The molecule has 0 spiro atoms. The van der Waals surface area contributed by atoms with Crippen molar-refractivity contribution >= 4 is 10.0 Å². The zero-order valence-corrected chi connectivity index (χ0v) is 17.3. The van der Waals surface area contributed by atoms with Crippen molar-refractivity contribution in [2.24, 2.45) is 0 Å². The van der Waals surface area contributed by atoms with E-state index in [1.54, 1.807) is 12.1 Å². The lowest BCUT2D eigenvalue weighted by atomic mass is 10.0. The maximum Gasteiger partial charge on any atom is 0.245 e. The first-order chi connectivity index (χ1) is 14.0. The van der Waals surface area contributed by atoms with Gasteiger partial charge < -0.3 is 4.74 Å². The zero-order chi connectivity index (χ0) is 20.3. The third kappa shape index (κ3) is 4.42. The summed E-state index contributed by atoms with van der Waals surface area (Å²) in [4.78, 5) is 0.308. The van der Waals surface area contributed by atoms with Crippen LogP contribution in [0.2, 0.25) is 0 Å². The quantitative estimate of drug-likeness (QED) is 0.615. The largest absolute Gasteiger partial charge is 0.354 e. The number of hydrogen-bond acceptors (Lipinski definition) is 3. The summed E-state index contributed by atoms with van der Waals surface area (Å²) in [5.41, 5.74) is 3.16. The average Bonchev–Trinajstić information content (AvgIpc) is 2.75. The Kier molecular flexibility index (Phi) is 5.81. The minimum atomic E-state index is -3.65. The highest BCUT2D eigenvalue weighted by Crippen LogP contribution is 2.33. The highest BCUT2D eigenvalue weighted by molar-refractivity contribution is 7.89. The molecule has 0 saturated carbocycles. The van der Waals surface area contributed by atoms with E-state index < -0.39 is 16.3 Å². The second-order valence-corrected chi connectivity index (χ2v) is 9.29. The number of sulfonamides is 1. The molecule has 150 valence electrons. The van der Waals surface area contributed by atoms with Crippen molar-refractivity contribution in [1.29, 1.82) is 0 Å². The number of hydrogen-bond donors (Lipinski definition) is 0. The van der Waals surface area contributed by atoms with E-state index in [-0.39, 0.29) is 6.10 Å². The van der Waals surface area contributed by atoms with Crippen LogP contribution in [0.3, 0.4) is 0 Å². The van der Waals surface area contributed by atoms with Crippen molar-refractivity contribution in [3.8, 4) is 0 Å². The topological polar surface area (TPSA) is 46.6 Å². The third-order valence-corrected chi connectivity index (χ3v) is 7.21. The number of rotatable bonds is 5. The van der Waals surface area contributed by atoms with Crippen LogP contribution in [-0.4, -0.2) is 25.5 Å². The summed E-state index contributed by atoms with van der Waals surface area (Å²) >= 11 is 0. The van der Waals surface area contributed by atoms with Crippen molar-refractivity contribution in [2.75, 3.05) is 6.54 Å². The fraction of sp³-hybridized carbons (Fsp3) is 0.250. The molecule has 1 saturated heterocycles. The standard InChI is InChI=1S/C24H25NO3S/c1-19-12-14-22(15-13-19)29(26,27)25-17-16-23(21-10-6-3-7-11-21)28-24(25)18-20-8-4-2-5-9-20/h2-15,23-24H,16-18H2,1H3/t23-,24+/m1/s1. The van der Waals surface area contributed by atoms with Gasteiger partial charge in [0.1, 0.15) is 6.23 Å². The van der Waals surface area contributed by atoms with E-state index in [2.05, 4.69) is 0 Å². The Morgan fingerprint density at radius 2 is 1.52 bits per heavy atom. The molecule has 29 heavy (non-hydrogen) atoms. The van der Waals surface area contributed by atoms with E-state index in [1.807, 2.05) is 79.7 Å². The van der Waals surface area contributed by atoms with Gasteiger partial charge in [-0.15, -0.1) is 0 Å². The molecule has 4 rings (SSSR count). The Morgan fingerprint density at radius 1 is 0.897 bits per heavy atom. The Balaban J connectivity index is 1.65. The second-order valence-electron chi connectivity index (χ2n) is 7.40. The summed E-state index contributed by atoms with van der Waals surface area (Å²) in [6.45, 7) is 2.37. The fourth-order valence-corrected chi connectivity index (χ4v) is 5.24. The molecule has 5 heteroatoms. The Morgan fingerprint density at radius 3 is 2.17 bits per heavy atom. The molecule has 0 unspecified atom stereocenters. The van der Waals surface area contributed by atoms with Gasteiger partial charge in [-0.1, -0.05) is 78.4 Å². The zero-order valence-electron chi connectivity index (χ0n) is 16.4. The minimum Gasteiger partial charge on any atom is -0.354 e. The first-order valence-corrected chi connectivity index (χ1v) is 11.3. The van der Waals surface area contributed by atoms with Crippen LogP contribution in [0, 0.1) is 6.92 Å². The molecule has 2 atom stereocenters. The molecule has 0 aromatic heterocycles. The summed E-state index contributed by atoms with van der Waals surface area (Å²) in [6.07, 6.45) is 0.465. The molecule has 0 bridgehead atoms. The lowest BCUT2D eigenvalue weighted by Gasteiger charge is -2.39. The van der Waals surface area contributed by atoms with Crippen molar-refractivity contribution in [1.82, 2.24) is 4.31 Å². The summed E-state index contributed by atoms with van der Waals surface area (Å²) in [5.74, 6) is 0. The smallest absolute Gasteiger partial charge is 0.245 e. The molecule has 0 amide bonds. The van der Waals surface area contributed by atoms with Crippen molar-refractivity contribution in [3.63, 3.8) is 0 Å². The van der Waals surface area contributed by atoms with Crippen LogP contribution >= 0.6 is 0 Å². The predicted molar refractivity (Wildman–Crippen MR) is 114 cm³/mol. The normalized spacial score (nSPS) is 20.4. The first-order valence-electron chi connectivity index (χ1n) is 9.87. The summed E-state index contributed by atoms with van der Waals surface area (Å²) in [7, 11) is -3.65. The van der Waals surface area contributed by atoms with Gasteiger partial charge in [0.05, 0.1) is 11.0 Å². The number of aryl methyl sites for hydroxylation is 1.